The van der Waals surface area contributed by atoms with Gasteiger partial charge in [0.1, 0.15) is 5.02 Å². The molecule has 108 valence electrons. The second-order valence-electron chi connectivity index (χ2n) is 3.87. The Labute approximate surface area is 129 Å². The molecule has 0 saturated carbocycles. The molecule has 2 rings (SSSR count). The Morgan fingerprint density at radius 2 is 2.05 bits per heavy atom. The number of sulfonamides is 1. The van der Waals surface area contributed by atoms with E-state index in [9.17, 15) is 13.2 Å². The van der Waals surface area contributed by atoms with Gasteiger partial charge in [-0.05, 0) is 24.6 Å². The van der Waals surface area contributed by atoms with Gasteiger partial charge in [0.15, 0.2) is 0 Å². The molecule has 2 aromatic heterocycles. The van der Waals surface area contributed by atoms with Crippen molar-refractivity contribution in [3.8, 4) is 0 Å². The number of halogens is 2. The first-order valence-corrected chi connectivity index (χ1v) is 8.56. The van der Waals surface area contributed by atoms with Crippen LogP contribution in [-0.4, -0.2) is 19.9 Å². The topological polar surface area (TPSA) is 79.0 Å². The Kier molecular flexibility index (Phi) is 4.87. The number of hydrogen-bond donors (Lipinski definition) is 2. The molecule has 0 amide bonds. The molecule has 0 saturated heterocycles. The zero-order chi connectivity index (χ0) is 14.8. The molecule has 0 atom stereocenters. The lowest BCUT2D eigenvalue weighted by Gasteiger charge is -2.06. The van der Waals surface area contributed by atoms with Crippen molar-refractivity contribution in [2.24, 2.45) is 0 Å². The van der Waals surface area contributed by atoms with Crippen molar-refractivity contribution in [3.05, 3.63) is 49.0 Å². The van der Waals surface area contributed by atoms with Crippen LogP contribution < -0.4 is 10.3 Å². The molecular weight excluding hydrogens is 343 g/mol. The van der Waals surface area contributed by atoms with Gasteiger partial charge in [-0.3, -0.25) is 4.79 Å². The summed E-state index contributed by atoms with van der Waals surface area (Å²) in [4.78, 5) is 14.3. The van der Waals surface area contributed by atoms with Crippen LogP contribution in [0.5, 0.6) is 0 Å². The summed E-state index contributed by atoms with van der Waals surface area (Å²) in [7, 11) is -3.70. The molecule has 0 unspecified atom stereocenters. The van der Waals surface area contributed by atoms with E-state index in [2.05, 4.69) is 9.71 Å². The highest BCUT2D eigenvalue weighted by Gasteiger charge is 2.15. The molecule has 0 aliphatic carbocycles. The second-order valence-corrected chi connectivity index (χ2v) is 7.84. The minimum absolute atomic E-state index is 0.0775. The average Bonchev–Trinajstić information content (AvgIpc) is 2.78. The van der Waals surface area contributed by atoms with Gasteiger partial charge in [-0.15, -0.1) is 11.3 Å². The van der Waals surface area contributed by atoms with Gasteiger partial charge < -0.3 is 4.98 Å². The lowest BCUT2D eigenvalue weighted by Crippen LogP contribution is -2.26. The molecule has 5 nitrogen and oxygen atoms in total. The molecule has 0 radical (unpaired) electrons. The van der Waals surface area contributed by atoms with Crippen LogP contribution in [0.3, 0.4) is 0 Å². The number of rotatable bonds is 5. The zero-order valence-corrected chi connectivity index (χ0v) is 13.2. The monoisotopic (exact) mass is 352 g/mol. The van der Waals surface area contributed by atoms with Crippen LogP contribution in [0.25, 0.3) is 0 Å². The predicted octanol–water partition coefficient (Wildman–Crippen LogP) is 2.26. The Balaban J connectivity index is 2.03. The van der Waals surface area contributed by atoms with Gasteiger partial charge in [0, 0.05) is 17.6 Å². The van der Waals surface area contributed by atoms with E-state index in [1.807, 2.05) is 6.07 Å². The van der Waals surface area contributed by atoms with E-state index in [0.29, 0.717) is 10.8 Å². The lowest BCUT2D eigenvalue weighted by atomic mass is 10.3. The summed E-state index contributed by atoms with van der Waals surface area (Å²) in [5, 5.41) is -0.169. The number of H-pyrrole nitrogens is 1. The first kappa shape index (κ1) is 15.5. The van der Waals surface area contributed by atoms with Crippen LogP contribution >= 0.6 is 34.5 Å². The molecule has 20 heavy (non-hydrogen) atoms. The highest BCUT2D eigenvalue weighted by atomic mass is 35.5. The summed E-state index contributed by atoms with van der Waals surface area (Å²) in [6, 6.07) is 4.72. The van der Waals surface area contributed by atoms with Gasteiger partial charge in [0.25, 0.3) is 5.56 Å². The summed E-state index contributed by atoms with van der Waals surface area (Å²) in [6.45, 7) is 0.232. The van der Waals surface area contributed by atoms with E-state index in [4.69, 9.17) is 23.2 Å². The number of aromatic amines is 1. The van der Waals surface area contributed by atoms with Crippen LogP contribution in [-0.2, 0) is 16.4 Å². The molecule has 0 fully saturated rings. The normalized spacial score (nSPS) is 11.7. The van der Waals surface area contributed by atoms with Crippen LogP contribution in [0.1, 0.15) is 4.88 Å². The number of aromatic nitrogens is 1. The van der Waals surface area contributed by atoms with Gasteiger partial charge in [-0.25, -0.2) is 13.1 Å². The number of nitrogens with one attached hydrogen (secondary N) is 2. The first-order chi connectivity index (χ1) is 9.38. The number of thiophene rings is 1. The second kappa shape index (κ2) is 6.28. The number of hydrogen-bond acceptors (Lipinski definition) is 4. The van der Waals surface area contributed by atoms with E-state index >= 15 is 0 Å². The summed E-state index contributed by atoms with van der Waals surface area (Å²) < 4.78 is 27.1. The summed E-state index contributed by atoms with van der Waals surface area (Å²) in [6.07, 6.45) is 1.65. The molecule has 9 heteroatoms. The molecular formula is C11H10Cl2N2O3S2. The summed E-state index contributed by atoms with van der Waals surface area (Å²) in [5.74, 6) is 0. The molecule has 2 heterocycles. The average molecular weight is 353 g/mol. The maximum Gasteiger partial charge on any atom is 0.266 e. The molecule has 2 aromatic rings. The van der Waals surface area contributed by atoms with Crippen molar-refractivity contribution in [3.63, 3.8) is 0 Å². The first-order valence-electron chi connectivity index (χ1n) is 5.50. The molecule has 0 bridgehead atoms. The molecule has 0 aliphatic rings. The van der Waals surface area contributed by atoms with E-state index < -0.39 is 15.6 Å². The van der Waals surface area contributed by atoms with Crippen LogP contribution in [0.2, 0.25) is 9.36 Å². The van der Waals surface area contributed by atoms with Crippen molar-refractivity contribution >= 4 is 44.6 Å². The van der Waals surface area contributed by atoms with Gasteiger partial charge in [0.05, 0.1) is 9.23 Å². The standard InChI is InChI=1S/C11H10Cl2N2O3S2/c12-9-5-8(6-14-11(9)16)20(17,18)15-4-3-7-1-2-10(13)19-7/h1-2,5-6,15H,3-4H2,(H,14,16). The molecule has 2 N–H and O–H groups in total. The highest BCUT2D eigenvalue weighted by Crippen LogP contribution is 2.21. The zero-order valence-electron chi connectivity index (χ0n) is 10.0. The van der Waals surface area contributed by atoms with Crippen LogP contribution in [0, 0.1) is 0 Å². The minimum atomic E-state index is -3.70. The largest absolute Gasteiger partial charge is 0.326 e. The predicted molar refractivity (Wildman–Crippen MR) is 80.3 cm³/mol. The van der Waals surface area contributed by atoms with Gasteiger partial charge in [0.2, 0.25) is 10.0 Å². The Bertz CT molecular complexity index is 768. The van der Waals surface area contributed by atoms with Crippen molar-refractivity contribution in [2.45, 2.75) is 11.3 Å². The lowest BCUT2D eigenvalue weighted by molar-refractivity contribution is 0.581. The third-order valence-electron chi connectivity index (χ3n) is 2.43. The smallest absolute Gasteiger partial charge is 0.266 e. The van der Waals surface area contributed by atoms with Crippen molar-refractivity contribution in [2.75, 3.05) is 6.54 Å². The van der Waals surface area contributed by atoms with Crippen molar-refractivity contribution < 1.29 is 8.42 Å². The maximum atomic E-state index is 12.0. The van der Waals surface area contributed by atoms with Crippen LogP contribution in [0.4, 0.5) is 0 Å². The SMILES string of the molecule is O=c1[nH]cc(S(=O)(=O)NCCc2ccc(Cl)s2)cc1Cl. The summed E-state index contributed by atoms with van der Waals surface area (Å²) in [5.41, 5.74) is -0.529. The fraction of sp³-hybridized carbons (Fsp3) is 0.182. The Morgan fingerprint density at radius 1 is 1.30 bits per heavy atom. The fourth-order valence-electron chi connectivity index (χ4n) is 1.47. The van der Waals surface area contributed by atoms with Crippen molar-refractivity contribution in [1.29, 1.82) is 0 Å². The van der Waals surface area contributed by atoms with Crippen LogP contribution in [0.15, 0.2) is 34.1 Å². The summed E-state index contributed by atoms with van der Waals surface area (Å²) >= 11 is 12.8. The maximum absolute atomic E-state index is 12.0. The van der Waals surface area contributed by atoms with E-state index in [-0.39, 0.29) is 16.5 Å². The van der Waals surface area contributed by atoms with Gasteiger partial charge in [-0.1, -0.05) is 23.2 Å². The Hall–Kier alpha value is -0.860. The van der Waals surface area contributed by atoms with Gasteiger partial charge in [-0.2, -0.15) is 0 Å². The Morgan fingerprint density at radius 3 is 2.65 bits per heavy atom. The highest BCUT2D eigenvalue weighted by molar-refractivity contribution is 7.89. The molecule has 0 spiro atoms. The van der Waals surface area contributed by atoms with E-state index in [0.717, 1.165) is 17.1 Å². The van der Waals surface area contributed by atoms with E-state index in [1.54, 1.807) is 6.07 Å². The molecule has 0 aromatic carbocycles. The van der Waals surface area contributed by atoms with Crippen molar-refractivity contribution in [1.82, 2.24) is 9.71 Å². The molecule has 0 aliphatic heterocycles. The third-order valence-corrected chi connectivity index (χ3v) is 5.45. The quantitative estimate of drug-likeness (QED) is 0.866. The van der Waals surface area contributed by atoms with Gasteiger partial charge >= 0.3 is 0 Å². The minimum Gasteiger partial charge on any atom is -0.326 e. The third kappa shape index (κ3) is 3.83. The fourth-order valence-corrected chi connectivity index (χ4v) is 3.82. The van der Waals surface area contributed by atoms with E-state index in [1.165, 1.54) is 11.3 Å². The number of pyridine rings is 1.